The van der Waals surface area contributed by atoms with Crippen molar-refractivity contribution in [1.82, 2.24) is 15.0 Å². The van der Waals surface area contributed by atoms with Crippen LogP contribution in [0.25, 0.3) is 10.4 Å². The zero-order valence-electron chi connectivity index (χ0n) is 19.4. The first-order valence-electron chi connectivity index (χ1n) is 10.6. The zero-order chi connectivity index (χ0) is 24.4. The highest BCUT2D eigenvalue weighted by atomic mass is 32.2. The molecule has 10 heteroatoms. The van der Waals surface area contributed by atoms with Gasteiger partial charge < -0.3 is 10.5 Å². The SMILES string of the molecule is CC(C)OC(=O)NC1=CCC(c2ncc(-c3ccc(N)cc3S(=O)(=O)NC(C)(C)C)s2)C=C1. The molecule has 0 bridgehead atoms. The summed E-state index contributed by atoms with van der Waals surface area (Å²) in [4.78, 5) is 17.2. The Hall–Kier alpha value is -2.69. The number of nitrogens with zero attached hydrogens (tertiary/aromatic N) is 1. The third kappa shape index (κ3) is 6.66. The van der Waals surface area contributed by atoms with Crippen LogP contribution in [-0.2, 0) is 14.8 Å². The van der Waals surface area contributed by atoms with Gasteiger partial charge in [0.25, 0.3) is 0 Å². The van der Waals surface area contributed by atoms with Crippen LogP contribution in [0.1, 0.15) is 52.0 Å². The molecule has 33 heavy (non-hydrogen) atoms. The van der Waals surface area contributed by atoms with Crippen LogP contribution in [-0.4, -0.2) is 31.1 Å². The molecule has 1 heterocycles. The van der Waals surface area contributed by atoms with Crippen molar-refractivity contribution in [3.8, 4) is 10.4 Å². The van der Waals surface area contributed by atoms with Gasteiger partial charge in [-0.2, -0.15) is 0 Å². The lowest BCUT2D eigenvalue weighted by atomic mass is 10.0. The minimum Gasteiger partial charge on any atom is -0.447 e. The summed E-state index contributed by atoms with van der Waals surface area (Å²) in [5, 5.41) is 3.56. The highest BCUT2D eigenvalue weighted by molar-refractivity contribution is 7.89. The summed E-state index contributed by atoms with van der Waals surface area (Å²) in [6.45, 7) is 8.94. The topological polar surface area (TPSA) is 123 Å². The molecule has 1 aliphatic rings. The molecule has 0 aliphatic heterocycles. The van der Waals surface area contributed by atoms with E-state index in [1.165, 1.54) is 17.4 Å². The molecule has 178 valence electrons. The second-order valence-electron chi connectivity index (χ2n) is 9.11. The van der Waals surface area contributed by atoms with Gasteiger partial charge >= 0.3 is 6.09 Å². The number of aromatic nitrogens is 1. The minimum atomic E-state index is -3.79. The quantitative estimate of drug-likeness (QED) is 0.511. The largest absolute Gasteiger partial charge is 0.447 e. The van der Waals surface area contributed by atoms with Gasteiger partial charge in [0.2, 0.25) is 10.0 Å². The Bertz CT molecular complexity index is 1190. The number of amides is 1. The summed E-state index contributed by atoms with van der Waals surface area (Å²) in [6.07, 6.45) is 7.36. The first-order chi connectivity index (χ1) is 15.3. The highest BCUT2D eigenvalue weighted by Gasteiger charge is 2.26. The summed E-state index contributed by atoms with van der Waals surface area (Å²) >= 11 is 1.43. The normalized spacial score (nSPS) is 16.5. The van der Waals surface area contributed by atoms with E-state index in [0.717, 1.165) is 9.88 Å². The number of sulfonamides is 1. The monoisotopic (exact) mass is 490 g/mol. The Morgan fingerprint density at radius 1 is 1.30 bits per heavy atom. The van der Waals surface area contributed by atoms with Crippen molar-refractivity contribution in [2.75, 3.05) is 5.73 Å². The first kappa shape index (κ1) is 24.9. The number of nitrogens with one attached hydrogen (secondary N) is 2. The summed E-state index contributed by atoms with van der Waals surface area (Å²) in [5.41, 5.74) is 6.87. The number of carbonyl (C=O) groups excluding carboxylic acids is 1. The molecule has 0 radical (unpaired) electrons. The van der Waals surface area contributed by atoms with Crippen LogP contribution in [0, 0.1) is 0 Å². The number of carbonyl (C=O) groups is 1. The second-order valence-corrected chi connectivity index (χ2v) is 11.8. The van der Waals surface area contributed by atoms with Crippen LogP contribution in [0.15, 0.2) is 53.2 Å². The maximum atomic E-state index is 13.0. The molecule has 0 saturated heterocycles. The number of thiazole rings is 1. The molecule has 1 aliphatic carbocycles. The van der Waals surface area contributed by atoms with Crippen molar-refractivity contribution in [2.24, 2.45) is 0 Å². The van der Waals surface area contributed by atoms with E-state index in [1.807, 2.05) is 18.2 Å². The molecule has 1 amide bonds. The zero-order valence-corrected chi connectivity index (χ0v) is 21.0. The smallest absolute Gasteiger partial charge is 0.411 e. The molecule has 2 aromatic rings. The van der Waals surface area contributed by atoms with Crippen LogP contribution < -0.4 is 15.8 Å². The number of nitrogens with two attached hydrogens (primary N) is 1. The Kier molecular flexibility index (Phi) is 7.30. The van der Waals surface area contributed by atoms with Crippen molar-refractivity contribution in [1.29, 1.82) is 0 Å². The number of ether oxygens (including phenoxy) is 1. The van der Waals surface area contributed by atoms with E-state index < -0.39 is 21.7 Å². The predicted molar refractivity (Wildman–Crippen MR) is 131 cm³/mol. The van der Waals surface area contributed by atoms with Crippen LogP contribution in [0.3, 0.4) is 0 Å². The standard InChI is InChI=1S/C23H30N4O4S2/c1-14(2)31-22(28)26-17-9-6-15(7-10-17)21-25-13-19(32-21)18-11-8-16(24)12-20(18)33(29,30)27-23(3,4)5/h6,8-15,27H,7,24H2,1-5H3,(H,26,28). The van der Waals surface area contributed by atoms with Crippen LogP contribution in [0.4, 0.5) is 10.5 Å². The molecule has 4 N–H and O–H groups in total. The number of nitrogen functional groups attached to an aromatic ring is 1. The summed E-state index contributed by atoms with van der Waals surface area (Å²) < 4.78 is 33.9. The molecule has 0 fully saturated rings. The maximum absolute atomic E-state index is 13.0. The fourth-order valence-corrected chi connectivity index (χ4v) is 6.05. The van der Waals surface area contributed by atoms with E-state index in [-0.39, 0.29) is 16.9 Å². The molecular formula is C23H30N4O4S2. The average molecular weight is 491 g/mol. The highest BCUT2D eigenvalue weighted by Crippen LogP contribution is 2.37. The minimum absolute atomic E-state index is 0.0250. The van der Waals surface area contributed by atoms with Crippen LogP contribution >= 0.6 is 11.3 Å². The lowest BCUT2D eigenvalue weighted by Gasteiger charge is -2.21. The van der Waals surface area contributed by atoms with Crippen LogP contribution in [0.2, 0.25) is 0 Å². The van der Waals surface area contributed by atoms with Gasteiger partial charge in [-0.05, 0) is 59.2 Å². The van der Waals surface area contributed by atoms with Gasteiger partial charge in [0.1, 0.15) is 5.01 Å². The predicted octanol–water partition coefficient (Wildman–Crippen LogP) is 4.53. The van der Waals surface area contributed by atoms with Gasteiger partial charge in [0, 0.05) is 34.6 Å². The number of hydrogen-bond donors (Lipinski definition) is 3. The van der Waals surface area contributed by atoms with Crippen molar-refractivity contribution < 1.29 is 17.9 Å². The number of anilines is 1. The van der Waals surface area contributed by atoms with E-state index in [1.54, 1.807) is 52.9 Å². The van der Waals surface area contributed by atoms with E-state index >= 15 is 0 Å². The van der Waals surface area contributed by atoms with E-state index in [2.05, 4.69) is 15.0 Å². The van der Waals surface area contributed by atoms with E-state index in [9.17, 15) is 13.2 Å². The Labute approximate surface area is 199 Å². The number of benzene rings is 1. The molecule has 1 atom stereocenters. The van der Waals surface area contributed by atoms with Crippen molar-refractivity contribution in [2.45, 2.75) is 63.5 Å². The second kappa shape index (κ2) is 9.66. The van der Waals surface area contributed by atoms with Gasteiger partial charge in [-0.15, -0.1) is 11.3 Å². The van der Waals surface area contributed by atoms with Gasteiger partial charge in [-0.1, -0.05) is 18.2 Å². The number of alkyl carbamates (subject to hydrolysis) is 1. The molecule has 1 aromatic carbocycles. The Morgan fingerprint density at radius 2 is 2.03 bits per heavy atom. The third-order valence-corrected chi connectivity index (χ3v) is 7.49. The molecular weight excluding hydrogens is 460 g/mol. The maximum Gasteiger partial charge on any atom is 0.411 e. The molecule has 0 spiro atoms. The van der Waals surface area contributed by atoms with Gasteiger partial charge in [0.05, 0.1) is 15.9 Å². The number of rotatable bonds is 6. The number of hydrogen-bond acceptors (Lipinski definition) is 7. The molecule has 1 aromatic heterocycles. The van der Waals surface area contributed by atoms with Crippen molar-refractivity contribution in [3.63, 3.8) is 0 Å². The lowest BCUT2D eigenvalue weighted by molar-refractivity contribution is 0.118. The molecule has 0 saturated carbocycles. The van der Waals surface area contributed by atoms with Gasteiger partial charge in [0.15, 0.2) is 0 Å². The van der Waals surface area contributed by atoms with Crippen molar-refractivity contribution in [3.05, 3.63) is 53.3 Å². The van der Waals surface area contributed by atoms with Crippen LogP contribution in [0.5, 0.6) is 0 Å². The fourth-order valence-electron chi connectivity index (χ4n) is 3.26. The Morgan fingerprint density at radius 3 is 2.64 bits per heavy atom. The Balaban J connectivity index is 1.81. The molecule has 8 nitrogen and oxygen atoms in total. The molecule has 1 unspecified atom stereocenters. The molecule has 3 rings (SSSR count). The number of allylic oxidation sites excluding steroid dienone is 3. The van der Waals surface area contributed by atoms with E-state index in [0.29, 0.717) is 23.4 Å². The summed E-state index contributed by atoms with van der Waals surface area (Å²) in [5.74, 6) is 0.0250. The third-order valence-electron chi connectivity index (χ3n) is 4.53. The van der Waals surface area contributed by atoms with Crippen molar-refractivity contribution >= 4 is 33.1 Å². The van der Waals surface area contributed by atoms with Gasteiger partial charge in [-0.3, -0.25) is 5.32 Å². The van der Waals surface area contributed by atoms with E-state index in [4.69, 9.17) is 10.5 Å². The first-order valence-corrected chi connectivity index (χ1v) is 12.9. The summed E-state index contributed by atoms with van der Waals surface area (Å²) in [6, 6.07) is 4.87. The lowest BCUT2D eigenvalue weighted by Crippen LogP contribution is -2.40. The van der Waals surface area contributed by atoms with Gasteiger partial charge in [-0.25, -0.2) is 22.9 Å². The summed E-state index contributed by atoms with van der Waals surface area (Å²) in [7, 11) is -3.79. The fraction of sp³-hybridized carbons (Fsp3) is 0.391. The average Bonchev–Trinajstić information content (AvgIpc) is 3.16.